The molecule has 1 N–H and O–H groups in total. The summed E-state index contributed by atoms with van der Waals surface area (Å²) < 4.78 is 33.0. The van der Waals surface area contributed by atoms with Crippen molar-refractivity contribution in [1.82, 2.24) is 9.62 Å². The SMILES string of the molecule is COc1ccc(N2CCCC2=O)cc1S(=O)(=O)NCCCN(C)C. The summed E-state index contributed by atoms with van der Waals surface area (Å²) in [4.78, 5) is 15.6. The van der Waals surface area contributed by atoms with Crippen molar-refractivity contribution in [1.29, 1.82) is 0 Å². The van der Waals surface area contributed by atoms with Gasteiger partial charge in [0, 0.05) is 25.2 Å². The molecule has 1 saturated heterocycles. The van der Waals surface area contributed by atoms with Crippen LogP contribution in [0.5, 0.6) is 5.75 Å². The number of sulfonamides is 1. The first-order valence-corrected chi connectivity index (χ1v) is 9.46. The highest BCUT2D eigenvalue weighted by molar-refractivity contribution is 7.89. The number of ether oxygens (including phenoxy) is 1. The Morgan fingerprint density at radius 1 is 1.33 bits per heavy atom. The molecular formula is C16H25N3O4S. The molecule has 0 saturated carbocycles. The van der Waals surface area contributed by atoms with Gasteiger partial charge in [0.05, 0.1) is 7.11 Å². The first-order valence-electron chi connectivity index (χ1n) is 7.98. The third-order valence-corrected chi connectivity index (χ3v) is 5.38. The van der Waals surface area contributed by atoms with Crippen LogP contribution >= 0.6 is 0 Å². The van der Waals surface area contributed by atoms with Crippen molar-refractivity contribution in [2.45, 2.75) is 24.2 Å². The van der Waals surface area contributed by atoms with Crippen LogP contribution in [0.15, 0.2) is 23.1 Å². The molecule has 0 unspecified atom stereocenters. The molecule has 0 radical (unpaired) electrons. The minimum atomic E-state index is -3.70. The van der Waals surface area contributed by atoms with Crippen LogP contribution in [-0.2, 0) is 14.8 Å². The highest BCUT2D eigenvalue weighted by atomic mass is 32.2. The zero-order valence-corrected chi connectivity index (χ0v) is 15.2. The number of benzene rings is 1. The number of carbonyl (C=O) groups is 1. The lowest BCUT2D eigenvalue weighted by Gasteiger charge is -2.18. The van der Waals surface area contributed by atoms with Gasteiger partial charge in [0.15, 0.2) is 0 Å². The molecule has 0 atom stereocenters. The van der Waals surface area contributed by atoms with Crippen LogP contribution in [0.1, 0.15) is 19.3 Å². The van der Waals surface area contributed by atoms with Crippen LogP contribution in [0.3, 0.4) is 0 Å². The molecule has 0 spiro atoms. The topological polar surface area (TPSA) is 78.9 Å². The Morgan fingerprint density at radius 3 is 2.67 bits per heavy atom. The van der Waals surface area contributed by atoms with Gasteiger partial charge in [-0.25, -0.2) is 13.1 Å². The van der Waals surface area contributed by atoms with Gasteiger partial charge in [-0.15, -0.1) is 0 Å². The normalized spacial score (nSPS) is 15.3. The molecule has 1 aromatic carbocycles. The van der Waals surface area contributed by atoms with Crippen LogP contribution in [-0.4, -0.2) is 60.1 Å². The molecule has 2 rings (SSSR count). The minimum absolute atomic E-state index is 0.0162. The number of rotatable bonds is 8. The fraction of sp³-hybridized carbons (Fsp3) is 0.562. The standard InChI is InChI=1S/C16H25N3O4S/c1-18(2)10-5-9-17-24(21,22)15-12-13(7-8-14(15)23-3)19-11-4-6-16(19)20/h7-8,12,17H,4-6,9-11H2,1-3H3. The highest BCUT2D eigenvalue weighted by Crippen LogP contribution is 2.30. The maximum absolute atomic E-state index is 12.6. The summed E-state index contributed by atoms with van der Waals surface area (Å²) in [6.45, 7) is 1.75. The van der Waals surface area contributed by atoms with E-state index in [1.165, 1.54) is 13.2 Å². The summed E-state index contributed by atoms with van der Waals surface area (Å²) in [7, 11) is 1.61. The largest absolute Gasteiger partial charge is 0.495 e. The molecular weight excluding hydrogens is 330 g/mol. The monoisotopic (exact) mass is 355 g/mol. The average Bonchev–Trinajstić information content (AvgIpc) is 2.97. The zero-order valence-electron chi connectivity index (χ0n) is 14.4. The van der Waals surface area contributed by atoms with E-state index in [9.17, 15) is 13.2 Å². The number of amides is 1. The van der Waals surface area contributed by atoms with Gasteiger partial charge in [-0.2, -0.15) is 0 Å². The summed E-state index contributed by atoms with van der Waals surface area (Å²) in [6.07, 6.45) is 1.99. The smallest absolute Gasteiger partial charge is 0.244 e. The number of carbonyl (C=O) groups excluding carboxylic acids is 1. The molecule has 1 fully saturated rings. The van der Waals surface area contributed by atoms with Gasteiger partial charge in [0.2, 0.25) is 15.9 Å². The number of anilines is 1. The molecule has 24 heavy (non-hydrogen) atoms. The van der Waals surface area contributed by atoms with E-state index in [4.69, 9.17) is 4.74 Å². The van der Waals surface area contributed by atoms with Gasteiger partial charge >= 0.3 is 0 Å². The lowest BCUT2D eigenvalue weighted by molar-refractivity contribution is -0.117. The molecule has 1 amide bonds. The number of hydrogen-bond donors (Lipinski definition) is 1. The first-order chi connectivity index (χ1) is 11.3. The third kappa shape index (κ3) is 4.46. The van der Waals surface area contributed by atoms with E-state index in [0.717, 1.165) is 13.0 Å². The van der Waals surface area contributed by atoms with Crippen LogP contribution in [0, 0.1) is 0 Å². The van der Waals surface area contributed by atoms with E-state index in [0.29, 0.717) is 31.6 Å². The lowest BCUT2D eigenvalue weighted by atomic mass is 10.3. The molecule has 0 aliphatic carbocycles. The number of nitrogens with zero attached hydrogens (tertiary/aromatic N) is 2. The van der Waals surface area contributed by atoms with Crippen LogP contribution in [0.25, 0.3) is 0 Å². The Hall–Kier alpha value is -1.64. The Kier molecular flexibility index (Phi) is 6.20. The van der Waals surface area contributed by atoms with Crippen LogP contribution < -0.4 is 14.4 Å². The fourth-order valence-corrected chi connectivity index (χ4v) is 3.90. The van der Waals surface area contributed by atoms with E-state index in [1.807, 2.05) is 19.0 Å². The van der Waals surface area contributed by atoms with Crippen molar-refractivity contribution < 1.29 is 17.9 Å². The summed E-state index contributed by atoms with van der Waals surface area (Å²) in [5.41, 5.74) is 0.590. The summed E-state index contributed by atoms with van der Waals surface area (Å²) >= 11 is 0. The van der Waals surface area contributed by atoms with Crippen molar-refractivity contribution in [3.63, 3.8) is 0 Å². The van der Waals surface area contributed by atoms with Crippen molar-refractivity contribution in [3.8, 4) is 5.75 Å². The minimum Gasteiger partial charge on any atom is -0.495 e. The van der Waals surface area contributed by atoms with Crippen molar-refractivity contribution in [2.75, 3.05) is 45.7 Å². The van der Waals surface area contributed by atoms with Gasteiger partial charge < -0.3 is 14.5 Å². The van der Waals surface area contributed by atoms with Crippen LogP contribution in [0.4, 0.5) is 5.69 Å². The van der Waals surface area contributed by atoms with Gasteiger partial charge in [0.1, 0.15) is 10.6 Å². The average molecular weight is 355 g/mol. The Balaban J connectivity index is 2.21. The van der Waals surface area contributed by atoms with Gasteiger partial charge in [0.25, 0.3) is 0 Å². The van der Waals surface area contributed by atoms with E-state index in [-0.39, 0.29) is 16.6 Å². The highest BCUT2D eigenvalue weighted by Gasteiger charge is 2.25. The van der Waals surface area contributed by atoms with Crippen molar-refractivity contribution >= 4 is 21.6 Å². The molecule has 7 nitrogen and oxygen atoms in total. The summed E-state index contributed by atoms with van der Waals surface area (Å²) in [6, 6.07) is 4.82. The lowest BCUT2D eigenvalue weighted by Crippen LogP contribution is -2.28. The second kappa shape index (κ2) is 7.96. The fourth-order valence-electron chi connectivity index (χ4n) is 2.64. The van der Waals surface area contributed by atoms with E-state index >= 15 is 0 Å². The number of nitrogens with one attached hydrogen (secondary N) is 1. The third-order valence-electron chi connectivity index (χ3n) is 3.90. The molecule has 8 heteroatoms. The number of hydrogen-bond acceptors (Lipinski definition) is 5. The van der Waals surface area contributed by atoms with E-state index in [2.05, 4.69) is 4.72 Å². The first kappa shape index (κ1) is 18.7. The van der Waals surface area contributed by atoms with E-state index in [1.54, 1.807) is 17.0 Å². The molecule has 1 aliphatic heterocycles. The summed E-state index contributed by atoms with van der Waals surface area (Å²) in [5.74, 6) is 0.285. The zero-order chi connectivity index (χ0) is 17.7. The second-order valence-electron chi connectivity index (χ2n) is 6.04. The van der Waals surface area contributed by atoms with Crippen LogP contribution in [0.2, 0.25) is 0 Å². The van der Waals surface area contributed by atoms with E-state index < -0.39 is 10.0 Å². The number of methoxy groups -OCH3 is 1. The maximum atomic E-state index is 12.6. The van der Waals surface area contributed by atoms with Gasteiger partial charge in [-0.3, -0.25) is 4.79 Å². The Bertz CT molecular complexity index is 689. The predicted molar refractivity (Wildman–Crippen MR) is 92.9 cm³/mol. The predicted octanol–water partition coefficient (Wildman–Crippen LogP) is 1.05. The van der Waals surface area contributed by atoms with Gasteiger partial charge in [-0.1, -0.05) is 0 Å². The second-order valence-corrected chi connectivity index (χ2v) is 7.77. The molecule has 0 aromatic heterocycles. The summed E-state index contributed by atoms with van der Waals surface area (Å²) in [5, 5.41) is 0. The quantitative estimate of drug-likeness (QED) is 0.705. The molecule has 1 aliphatic rings. The maximum Gasteiger partial charge on any atom is 0.244 e. The molecule has 1 heterocycles. The molecule has 1 aromatic rings. The van der Waals surface area contributed by atoms with Gasteiger partial charge in [-0.05, 0) is 51.7 Å². The van der Waals surface area contributed by atoms with Crippen molar-refractivity contribution in [2.24, 2.45) is 0 Å². The molecule has 0 bridgehead atoms. The van der Waals surface area contributed by atoms with Crippen molar-refractivity contribution in [3.05, 3.63) is 18.2 Å². The Morgan fingerprint density at radius 2 is 2.08 bits per heavy atom. The molecule has 134 valence electrons. The Labute approximate surface area is 143 Å².